The molecule has 154 valence electrons. The van der Waals surface area contributed by atoms with E-state index in [2.05, 4.69) is 4.74 Å². The second kappa shape index (κ2) is 12.1. The minimum Gasteiger partial charge on any atom is -0.468 e. The molecule has 7 heteroatoms. The van der Waals surface area contributed by atoms with E-state index in [-0.39, 0.29) is 29.3 Å². The van der Waals surface area contributed by atoms with E-state index in [0.717, 1.165) is 24.3 Å². The van der Waals surface area contributed by atoms with Crippen LogP contribution < -0.4 is 0 Å². The summed E-state index contributed by atoms with van der Waals surface area (Å²) in [6.07, 6.45) is 9.28. The molecule has 0 unspecified atom stereocenters. The zero-order valence-corrected chi connectivity index (χ0v) is 17.7. The molecule has 27 heavy (non-hydrogen) atoms. The highest BCUT2D eigenvalue weighted by Crippen LogP contribution is 2.35. The van der Waals surface area contributed by atoms with Crippen molar-refractivity contribution in [1.82, 2.24) is 0 Å². The standard InChI is InChI=1S/C20H32O5S2/c1-25-19(24)13-26-9-4-10-27-20-16(17(22)12-18(20)23)8-7-15(21)11-14-5-2-3-6-14/h7-8,14-17,20-22H,2-6,9-13H2,1H3/b8-7+/t15-,16+,17-,20-/m1/s1. The van der Waals surface area contributed by atoms with Crippen molar-refractivity contribution in [3.8, 4) is 0 Å². The molecule has 2 saturated carbocycles. The van der Waals surface area contributed by atoms with Crippen molar-refractivity contribution in [3.05, 3.63) is 12.2 Å². The van der Waals surface area contributed by atoms with Crippen LogP contribution in [0.1, 0.15) is 44.9 Å². The van der Waals surface area contributed by atoms with E-state index in [1.54, 1.807) is 17.8 Å². The minimum absolute atomic E-state index is 0.0923. The van der Waals surface area contributed by atoms with Gasteiger partial charge in [0.25, 0.3) is 0 Å². The van der Waals surface area contributed by atoms with Gasteiger partial charge in [0.2, 0.25) is 0 Å². The largest absolute Gasteiger partial charge is 0.468 e. The van der Waals surface area contributed by atoms with Crippen LogP contribution in [0.15, 0.2) is 12.2 Å². The van der Waals surface area contributed by atoms with E-state index in [1.165, 1.54) is 44.6 Å². The number of ether oxygens (including phenoxy) is 1. The van der Waals surface area contributed by atoms with Crippen molar-refractivity contribution < 1.29 is 24.5 Å². The van der Waals surface area contributed by atoms with Gasteiger partial charge in [0.05, 0.1) is 30.3 Å². The first-order valence-electron chi connectivity index (χ1n) is 9.84. The van der Waals surface area contributed by atoms with Crippen molar-refractivity contribution in [2.45, 2.75) is 62.4 Å². The Kier molecular flexibility index (Phi) is 10.2. The highest BCUT2D eigenvalue weighted by molar-refractivity contribution is 8.01. The number of hydrogen-bond donors (Lipinski definition) is 2. The molecular formula is C20H32O5S2. The Balaban J connectivity index is 1.73. The molecule has 0 bridgehead atoms. The van der Waals surface area contributed by atoms with Crippen LogP contribution in [0.25, 0.3) is 0 Å². The van der Waals surface area contributed by atoms with Gasteiger partial charge in [0.1, 0.15) is 5.78 Å². The van der Waals surface area contributed by atoms with E-state index in [9.17, 15) is 19.8 Å². The lowest BCUT2D eigenvalue weighted by molar-refractivity contribution is -0.137. The molecule has 0 radical (unpaired) electrons. The fourth-order valence-corrected chi connectivity index (χ4v) is 6.12. The van der Waals surface area contributed by atoms with Gasteiger partial charge in [-0.3, -0.25) is 9.59 Å². The van der Waals surface area contributed by atoms with E-state index in [0.29, 0.717) is 11.7 Å². The van der Waals surface area contributed by atoms with Gasteiger partial charge in [-0.1, -0.05) is 37.8 Å². The van der Waals surface area contributed by atoms with Crippen LogP contribution in [0, 0.1) is 11.8 Å². The Hall–Kier alpha value is -0.500. The molecule has 5 nitrogen and oxygen atoms in total. The minimum atomic E-state index is -0.654. The monoisotopic (exact) mass is 416 g/mol. The van der Waals surface area contributed by atoms with Gasteiger partial charge in [-0.25, -0.2) is 0 Å². The molecule has 0 saturated heterocycles. The fraction of sp³-hybridized carbons (Fsp3) is 0.800. The van der Waals surface area contributed by atoms with Crippen LogP contribution in [-0.4, -0.2) is 63.8 Å². The molecule has 2 fully saturated rings. The molecule has 2 aliphatic rings. The molecule has 0 aromatic carbocycles. The second-order valence-electron chi connectivity index (χ2n) is 7.43. The van der Waals surface area contributed by atoms with Crippen LogP contribution >= 0.6 is 23.5 Å². The van der Waals surface area contributed by atoms with Crippen molar-refractivity contribution in [1.29, 1.82) is 0 Å². The maximum Gasteiger partial charge on any atom is 0.315 e. The molecule has 0 spiro atoms. The van der Waals surface area contributed by atoms with Gasteiger partial charge in [-0.2, -0.15) is 11.8 Å². The third-order valence-electron chi connectivity index (χ3n) is 5.30. The van der Waals surface area contributed by atoms with Gasteiger partial charge >= 0.3 is 5.97 Å². The second-order valence-corrected chi connectivity index (χ2v) is 9.78. The Bertz CT molecular complexity index is 505. The Labute approximate surface area is 170 Å². The normalized spacial score (nSPS) is 27.5. The topological polar surface area (TPSA) is 83.8 Å². The summed E-state index contributed by atoms with van der Waals surface area (Å²) in [6.45, 7) is 0. The van der Waals surface area contributed by atoms with Gasteiger partial charge < -0.3 is 14.9 Å². The Morgan fingerprint density at radius 2 is 2.07 bits per heavy atom. The summed E-state index contributed by atoms with van der Waals surface area (Å²) in [6, 6.07) is 0. The summed E-state index contributed by atoms with van der Waals surface area (Å²) in [5, 5.41) is 20.2. The van der Waals surface area contributed by atoms with E-state index < -0.39 is 12.2 Å². The Morgan fingerprint density at radius 3 is 2.78 bits per heavy atom. The first kappa shape index (κ1) is 22.8. The van der Waals surface area contributed by atoms with Crippen molar-refractivity contribution in [3.63, 3.8) is 0 Å². The quantitative estimate of drug-likeness (QED) is 0.304. The summed E-state index contributed by atoms with van der Waals surface area (Å²) in [5.41, 5.74) is 0. The highest BCUT2D eigenvalue weighted by Gasteiger charge is 2.40. The number of esters is 1. The average molecular weight is 417 g/mol. The number of aliphatic hydroxyl groups is 2. The van der Waals surface area contributed by atoms with Crippen LogP contribution in [-0.2, 0) is 14.3 Å². The number of ketones is 1. The maximum atomic E-state index is 12.2. The predicted molar refractivity (Wildman–Crippen MR) is 111 cm³/mol. The number of carbonyl (C=O) groups excluding carboxylic acids is 2. The zero-order valence-electron chi connectivity index (χ0n) is 16.0. The van der Waals surface area contributed by atoms with E-state index in [1.807, 2.05) is 6.08 Å². The number of carbonyl (C=O) groups is 2. The van der Waals surface area contributed by atoms with Gasteiger partial charge in [0, 0.05) is 12.3 Å². The first-order chi connectivity index (χ1) is 13.0. The smallest absolute Gasteiger partial charge is 0.315 e. The molecule has 0 aliphatic heterocycles. The maximum absolute atomic E-state index is 12.2. The van der Waals surface area contributed by atoms with Gasteiger partial charge in [0.15, 0.2) is 0 Å². The summed E-state index contributed by atoms with van der Waals surface area (Å²) >= 11 is 3.11. The SMILES string of the molecule is COC(=O)CSCCCS[C@H]1C(=O)C[C@@H](O)[C@@H]1/C=C/[C@@H](O)CC1CCCC1. The van der Waals surface area contributed by atoms with Gasteiger partial charge in [-0.15, -0.1) is 11.8 Å². The lowest BCUT2D eigenvalue weighted by Crippen LogP contribution is -2.22. The fourth-order valence-electron chi connectivity index (χ4n) is 3.82. The highest BCUT2D eigenvalue weighted by atomic mass is 32.2. The molecule has 4 atom stereocenters. The Morgan fingerprint density at radius 1 is 1.33 bits per heavy atom. The van der Waals surface area contributed by atoms with Crippen LogP contribution in [0.3, 0.4) is 0 Å². The number of aliphatic hydroxyl groups excluding tert-OH is 2. The summed E-state index contributed by atoms with van der Waals surface area (Å²) in [4.78, 5) is 23.3. The number of rotatable bonds is 11. The van der Waals surface area contributed by atoms with Crippen LogP contribution in [0.2, 0.25) is 0 Å². The number of hydrogen-bond acceptors (Lipinski definition) is 7. The van der Waals surface area contributed by atoms with Gasteiger partial charge in [-0.05, 0) is 30.3 Å². The molecule has 2 N–H and O–H groups in total. The first-order valence-corrected chi connectivity index (χ1v) is 12.0. The van der Waals surface area contributed by atoms with Crippen molar-refractivity contribution in [2.75, 3.05) is 24.4 Å². The number of Topliss-reactive ketones (excluding diaryl/α,β-unsaturated/α-hetero) is 1. The third-order valence-corrected chi connectivity index (χ3v) is 7.78. The molecular weight excluding hydrogens is 384 g/mol. The van der Waals surface area contributed by atoms with Crippen LogP contribution in [0.4, 0.5) is 0 Å². The molecule has 0 amide bonds. The lowest BCUT2D eigenvalue weighted by Gasteiger charge is -2.18. The predicted octanol–water partition coefficient (Wildman–Crippen LogP) is 2.83. The average Bonchev–Trinajstić information content (AvgIpc) is 3.23. The molecule has 0 aromatic heterocycles. The molecule has 0 aromatic rings. The van der Waals surface area contributed by atoms with Crippen molar-refractivity contribution in [2.24, 2.45) is 11.8 Å². The lowest BCUT2D eigenvalue weighted by atomic mass is 9.98. The molecule has 0 heterocycles. The van der Waals surface area contributed by atoms with Crippen molar-refractivity contribution >= 4 is 35.3 Å². The van der Waals surface area contributed by atoms with Crippen LogP contribution in [0.5, 0.6) is 0 Å². The van der Waals surface area contributed by atoms with E-state index in [4.69, 9.17) is 0 Å². The summed E-state index contributed by atoms with van der Waals surface area (Å²) in [5.74, 6) is 2.26. The summed E-state index contributed by atoms with van der Waals surface area (Å²) in [7, 11) is 1.38. The molecule has 2 aliphatic carbocycles. The third kappa shape index (κ3) is 7.80. The summed E-state index contributed by atoms with van der Waals surface area (Å²) < 4.78 is 4.60. The zero-order chi connectivity index (χ0) is 19.6. The molecule has 2 rings (SSSR count). The number of thioether (sulfide) groups is 2. The van der Waals surface area contributed by atoms with E-state index >= 15 is 0 Å². The number of methoxy groups -OCH3 is 1.